The quantitative estimate of drug-likeness (QED) is 0.484. The number of ether oxygens (including phenoxy) is 2. The van der Waals surface area contributed by atoms with Gasteiger partial charge in [0.05, 0.1) is 13.7 Å². The molecule has 0 fully saturated rings. The fourth-order valence-electron chi connectivity index (χ4n) is 2.05. The number of halogens is 1. The van der Waals surface area contributed by atoms with E-state index in [9.17, 15) is 4.39 Å². The Morgan fingerprint density at radius 3 is 2.71 bits per heavy atom. The molecule has 124 valence electrons. The zero-order valence-corrected chi connectivity index (χ0v) is 13.7. The van der Waals surface area contributed by atoms with Gasteiger partial charge in [-0.15, -0.1) is 5.10 Å². The molecule has 24 heavy (non-hydrogen) atoms. The second-order valence-electron chi connectivity index (χ2n) is 4.70. The number of para-hydroxylation sites is 2. The van der Waals surface area contributed by atoms with Crippen LogP contribution in [0.2, 0.25) is 0 Å². The first kappa shape index (κ1) is 16.3. The first-order chi connectivity index (χ1) is 11.8. The first-order valence-corrected chi connectivity index (χ1v) is 8.19. The maximum absolute atomic E-state index is 12.8. The number of rotatable bonds is 7. The topological polar surface area (TPSA) is 62.1 Å². The molecule has 0 radical (unpaired) electrons. The lowest BCUT2D eigenvalue weighted by atomic mass is 10.3. The van der Waals surface area contributed by atoms with Crippen molar-refractivity contribution in [2.75, 3.05) is 19.5 Å². The highest BCUT2D eigenvalue weighted by molar-refractivity contribution is 7.99. The Hall–Kier alpha value is -2.61. The van der Waals surface area contributed by atoms with E-state index in [2.05, 4.69) is 15.5 Å². The van der Waals surface area contributed by atoms with Crippen molar-refractivity contribution in [1.82, 2.24) is 20.2 Å². The highest BCUT2D eigenvalue weighted by Gasteiger charge is 2.12. The van der Waals surface area contributed by atoms with Gasteiger partial charge < -0.3 is 9.47 Å². The SMILES string of the molecule is COc1ccccc1-n1nnnc1SCCOc1ccc(F)cc1. The molecule has 6 nitrogen and oxygen atoms in total. The molecule has 0 spiro atoms. The van der Waals surface area contributed by atoms with Gasteiger partial charge in [-0.3, -0.25) is 0 Å². The fraction of sp³-hybridized carbons (Fsp3) is 0.188. The third kappa shape index (κ3) is 3.83. The van der Waals surface area contributed by atoms with Crippen molar-refractivity contribution in [3.05, 3.63) is 54.3 Å². The van der Waals surface area contributed by atoms with Gasteiger partial charge in [0.15, 0.2) is 0 Å². The molecule has 2 aromatic carbocycles. The number of hydrogen-bond acceptors (Lipinski definition) is 6. The number of benzene rings is 2. The minimum absolute atomic E-state index is 0.285. The van der Waals surface area contributed by atoms with Gasteiger partial charge in [0.25, 0.3) is 0 Å². The molecule has 0 N–H and O–H groups in total. The van der Waals surface area contributed by atoms with Crippen molar-refractivity contribution in [3.8, 4) is 17.2 Å². The number of aromatic nitrogens is 4. The fourth-order valence-corrected chi connectivity index (χ4v) is 2.75. The Balaban J connectivity index is 1.61. The predicted octanol–water partition coefficient (Wildman–Crippen LogP) is 2.98. The van der Waals surface area contributed by atoms with Crippen molar-refractivity contribution < 1.29 is 13.9 Å². The minimum atomic E-state index is -0.285. The third-order valence-electron chi connectivity index (χ3n) is 3.15. The van der Waals surface area contributed by atoms with Gasteiger partial charge in [0.2, 0.25) is 5.16 Å². The summed E-state index contributed by atoms with van der Waals surface area (Å²) in [6.45, 7) is 0.453. The van der Waals surface area contributed by atoms with E-state index >= 15 is 0 Å². The van der Waals surface area contributed by atoms with Gasteiger partial charge >= 0.3 is 0 Å². The van der Waals surface area contributed by atoms with E-state index in [-0.39, 0.29) is 5.82 Å². The summed E-state index contributed by atoms with van der Waals surface area (Å²) >= 11 is 1.46. The second-order valence-corrected chi connectivity index (χ2v) is 5.76. The number of tetrazole rings is 1. The van der Waals surface area contributed by atoms with E-state index < -0.39 is 0 Å². The molecule has 0 aliphatic carbocycles. The normalized spacial score (nSPS) is 10.6. The van der Waals surface area contributed by atoms with E-state index in [0.29, 0.717) is 29.0 Å². The number of methoxy groups -OCH3 is 1. The maximum Gasteiger partial charge on any atom is 0.214 e. The summed E-state index contributed by atoms with van der Waals surface area (Å²) in [6, 6.07) is 13.4. The predicted molar refractivity (Wildman–Crippen MR) is 88.3 cm³/mol. The van der Waals surface area contributed by atoms with Crippen LogP contribution in [0.3, 0.4) is 0 Å². The zero-order chi connectivity index (χ0) is 16.8. The molecule has 1 aromatic heterocycles. The molecule has 0 amide bonds. The Kier molecular flexibility index (Phi) is 5.27. The average molecular weight is 346 g/mol. The van der Waals surface area contributed by atoms with Crippen LogP contribution in [-0.4, -0.2) is 39.7 Å². The highest BCUT2D eigenvalue weighted by atomic mass is 32.2. The molecule has 3 rings (SSSR count). The van der Waals surface area contributed by atoms with Crippen LogP contribution in [0.4, 0.5) is 4.39 Å². The molecule has 0 saturated heterocycles. The van der Waals surface area contributed by atoms with Crippen LogP contribution in [0.5, 0.6) is 11.5 Å². The van der Waals surface area contributed by atoms with Gasteiger partial charge in [-0.2, -0.15) is 4.68 Å². The molecule has 1 heterocycles. The van der Waals surface area contributed by atoms with Crippen LogP contribution < -0.4 is 9.47 Å². The minimum Gasteiger partial charge on any atom is -0.494 e. The molecule has 0 aliphatic heterocycles. The van der Waals surface area contributed by atoms with Crippen molar-refractivity contribution in [2.45, 2.75) is 5.16 Å². The van der Waals surface area contributed by atoms with E-state index in [1.54, 1.807) is 23.9 Å². The molecule has 0 saturated carbocycles. The van der Waals surface area contributed by atoms with Gasteiger partial charge in [-0.25, -0.2) is 4.39 Å². The molecule has 3 aromatic rings. The van der Waals surface area contributed by atoms with Crippen LogP contribution in [-0.2, 0) is 0 Å². The summed E-state index contributed by atoms with van der Waals surface area (Å²) in [5.74, 6) is 1.68. The molecule has 8 heteroatoms. The zero-order valence-electron chi connectivity index (χ0n) is 12.9. The Morgan fingerprint density at radius 2 is 1.92 bits per heavy atom. The molecule has 0 atom stereocenters. The van der Waals surface area contributed by atoms with Crippen molar-refractivity contribution in [1.29, 1.82) is 0 Å². The summed E-state index contributed by atoms with van der Waals surface area (Å²) in [7, 11) is 1.60. The first-order valence-electron chi connectivity index (χ1n) is 7.21. The standard InChI is InChI=1S/C16H15FN4O2S/c1-22-15-5-3-2-4-14(15)21-16(18-19-20-21)24-11-10-23-13-8-6-12(17)7-9-13/h2-9H,10-11H2,1H3. The summed E-state index contributed by atoms with van der Waals surface area (Å²) in [5.41, 5.74) is 0.770. The van der Waals surface area contributed by atoms with E-state index in [1.165, 1.54) is 23.9 Å². The molecular weight excluding hydrogens is 331 g/mol. The summed E-state index contributed by atoms with van der Waals surface area (Å²) < 4.78 is 25.4. The average Bonchev–Trinajstić information content (AvgIpc) is 3.08. The molecular formula is C16H15FN4O2S. The third-order valence-corrected chi connectivity index (χ3v) is 4.03. The summed E-state index contributed by atoms with van der Waals surface area (Å²) in [5, 5.41) is 12.4. The smallest absolute Gasteiger partial charge is 0.214 e. The van der Waals surface area contributed by atoms with Gasteiger partial charge in [-0.1, -0.05) is 23.9 Å². The summed E-state index contributed by atoms with van der Waals surface area (Å²) in [6.07, 6.45) is 0. The van der Waals surface area contributed by atoms with Crippen molar-refractivity contribution in [2.24, 2.45) is 0 Å². The molecule has 0 bridgehead atoms. The van der Waals surface area contributed by atoms with E-state index in [1.807, 2.05) is 24.3 Å². The van der Waals surface area contributed by atoms with Gasteiger partial charge in [-0.05, 0) is 46.8 Å². The van der Waals surface area contributed by atoms with E-state index in [0.717, 1.165) is 5.69 Å². The van der Waals surface area contributed by atoms with Crippen molar-refractivity contribution in [3.63, 3.8) is 0 Å². The van der Waals surface area contributed by atoms with Gasteiger partial charge in [0, 0.05) is 5.75 Å². The van der Waals surface area contributed by atoms with Crippen LogP contribution in [0, 0.1) is 5.82 Å². The Labute approximate surface area is 142 Å². The van der Waals surface area contributed by atoms with Crippen molar-refractivity contribution >= 4 is 11.8 Å². The van der Waals surface area contributed by atoms with Crippen LogP contribution in [0.25, 0.3) is 5.69 Å². The monoisotopic (exact) mass is 346 g/mol. The number of nitrogens with zero attached hydrogens (tertiary/aromatic N) is 4. The lowest BCUT2D eigenvalue weighted by molar-refractivity contribution is 0.343. The summed E-state index contributed by atoms with van der Waals surface area (Å²) in [4.78, 5) is 0. The van der Waals surface area contributed by atoms with Crippen LogP contribution in [0.15, 0.2) is 53.7 Å². The van der Waals surface area contributed by atoms with Gasteiger partial charge in [0.1, 0.15) is 23.0 Å². The Bertz CT molecular complexity index is 795. The largest absolute Gasteiger partial charge is 0.494 e. The van der Waals surface area contributed by atoms with Crippen LogP contribution >= 0.6 is 11.8 Å². The van der Waals surface area contributed by atoms with Crippen LogP contribution in [0.1, 0.15) is 0 Å². The highest BCUT2D eigenvalue weighted by Crippen LogP contribution is 2.25. The number of hydrogen-bond donors (Lipinski definition) is 0. The number of thioether (sulfide) groups is 1. The molecule has 0 aliphatic rings. The Morgan fingerprint density at radius 1 is 1.12 bits per heavy atom. The maximum atomic E-state index is 12.8. The lowest BCUT2D eigenvalue weighted by Gasteiger charge is -2.09. The lowest BCUT2D eigenvalue weighted by Crippen LogP contribution is -2.04. The molecule has 0 unspecified atom stereocenters. The second kappa shape index (κ2) is 7.78. The van der Waals surface area contributed by atoms with E-state index in [4.69, 9.17) is 9.47 Å².